The van der Waals surface area contributed by atoms with E-state index in [0.29, 0.717) is 59.7 Å². The standard InChI is InChI=1S/C23H29FN4O4S/c1-14-18(23(30)28-33(31)10-2-3-11-33)13-26-21(14)22(25)27-19-9-4-15(24)12-20(19)32-17-7-5-16(29)6-8-17/h4,9,12-13,16-17,26,29H,2-3,5-8,10-11H2,1H3,(H2,25,27). The number of ether oxygens (including phenoxy) is 1. The van der Waals surface area contributed by atoms with Gasteiger partial charge in [0.1, 0.15) is 23.1 Å². The highest BCUT2D eigenvalue weighted by molar-refractivity contribution is 7.94. The molecule has 4 rings (SSSR count). The molecule has 1 aromatic carbocycles. The average Bonchev–Trinajstić information content (AvgIpc) is 3.37. The van der Waals surface area contributed by atoms with Crippen molar-refractivity contribution in [2.75, 3.05) is 11.5 Å². The Kier molecular flexibility index (Phi) is 6.85. The second-order valence-electron chi connectivity index (χ2n) is 8.64. The van der Waals surface area contributed by atoms with Crippen molar-refractivity contribution in [3.05, 3.63) is 47.0 Å². The quantitative estimate of drug-likeness (QED) is 0.448. The van der Waals surface area contributed by atoms with Crippen LogP contribution in [0.15, 0.2) is 33.8 Å². The minimum absolute atomic E-state index is 0.104. The van der Waals surface area contributed by atoms with E-state index in [0.717, 1.165) is 12.8 Å². The predicted octanol–water partition coefficient (Wildman–Crippen LogP) is 3.58. The molecule has 1 saturated carbocycles. The molecule has 0 unspecified atom stereocenters. The highest BCUT2D eigenvalue weighted by Gasteiger charge is 2.23. The molecule has 0 spiro atoms. The van der Waals surface area contributed by atoms with Crippen LogP contribution in [0.3, 0.4) is 0 Å². The van der Waals surface area contributed by atoms with Gasteiger partial charge in [0.2, 0.25) is 0 Å². The molecule has 2 fully saturated rings. The number of aliphatic imine (C=N–C) groups is 1. The molecule has 1 aliphatic carbocycles. The fraction of sp³-hybridized carbons (Fsp3) is 0.478. The van der Waals surface area contributed by atoms with Crippen LogP contribution in [0, 0.1) is 12.7 Å². The molecular formula is C23H29FN4O4S. The van der Waals surface area contributed by atoms with E-state index in [2.05, 4.69) is 14.3 Å². The lowest BCUT2D eigenvalue weighted by atomic mass is 9.95. The smallest absolute Gasteiger partial charge is 0.286 e. The number of H-pyrrole nitrogens is 1. The molecule has 2 aliphatic rings. The summed E-state index contributed by atoms with van der Waals surface area (Å²) in [4.78, 5) is 20.0. The Labute approximate surface area is 192 Å². The van der Waals surface area contributed by atoms with Crippen LogP contribution < -0.4 is 10.5 Å². The number of aromatic nitrogens is 1. The molecule has 0 bridgehead atoms. The average molecular weight is 477 g/mol. The van der Waals surface area contributed by atoms with Crippen molar-refractivity contribution in [2.24, 2.45) is 15.1 Å². The monoisotopic (exact) mass is 476 g/mol. The Morgan fingerprint density at radius 2 is 1.94 bits per heavy atom. The van der Waals surface area contributed by atoms with Gasteiger partial charge in [0.05, 0.1) is 33.2 Å². The first kappa shape index (κ1) is 23.4. The maximum absolute atomic E-state index is 13.9. The summed E-state index contributed by atoms with van der Waals surface area (Å²) in [7, 11) is -2.47. The van der Waals surface area contributed by atoms with Crippen molar-refractivity contribution in [2.45, 2.75) is 57.7 Å². The Bertz CT molecular complexity index is 1180. The van der Waals surface area contributed by atoms with Crippen LogP contribution in [0.4, 0.5) is 10.1 Å². The van der Waals surface area contributed by atoms with Crippen LogP contribution >= 0.6 is 0 Å². The van der Waals surface area contributed by atoms with E-state index in [1.54, 1.807) is 6.92 Å². The molecule has 4 N–H and O–H groups in total. The maximum atomic E-state index is 13.9. The van der Waals surface area contributed by atoms with Gasteiger partial charge in [-0.05, 0) is 63.1 Å². The Morgan fingerprint density at radius 3 is 2.64 bits per heavy atom. The van der Waals surface area contributed by atoms with E-state index in [9.17, 15) is 18.5 Å². The fourth-order valence-electron chi connectivity index (χ4n) is 4.24. The summed E-state index contributed by atoms with van der Waals surface area (Å²) < 4.78 is 36.5. The maximum Gasteiger partial charge on any atom is 0.286 e. The number of aliphatic hydroxyl groups is 1. The third-order valence-electron chi connectivity index (χ3n) is 6.15. The highest BCUT2D eigenvalue weighted by Crippen LogP contribution is 2.33. The number of halogens is 1. The molecule has 8 nitrogen and oxygen atoms in total. The van der Waals surface area contributed by atoms with Crippen molar-refractivity contribution >= 4 is 27.2 Å². The minimum Gasteiger partial charge on any atom is -0.488 e. The number of aromatic amines is 1. The number of amidine groups is 1. The summed E-state index contributed by atoms with van der Waals surface area (Å²) in [6.07, 6.45) is 5.28. The molecular weight excluding hydrogens is 447 g/mol. The lowest BCUT2D eigenvalue weighted by Gasteiger charge is -2.26. The first-order valence-corrected chi connectivity index (χ1v) is 13.0. The van der Waals surface area contributed by atoms with Crippen molar-refractivity contribution in [1.82, 2.24) is 4.98 Å². The van der Waals surface area contributed by atoms with Crippen molar-refractivity contribution < 1.29 is 23.2 Å². The number of rotatable bonds is 5. The van der Waals surface area contributed by atoms with Gasteiger partial charge >= 0.3 is 0 Å². The third-order valence-corrected chi connectivity index (χ3v) is 8.50. The summed E-state index contributed by atoms with van der Waals surface area (Å²) in [5.74, 6) is 0.294. The third kappa shape index (κ3) is 5.44. The molecule has 1 aliphatic heterocycles. The summed E-state index contributed by atoms with van der Waals surface area (Å²) in [5.41, 5.74) is 7.88. The van der Waals surface area contributed by atoms with Crippen LogP contribution in [0.1, 0.15) is 60.1 Å². The summed E-state index contributed by atoms with van der Waals surface area (Å²) in [6, 6.07) is 4.03. The molecule has 1 aromatic heterocycles. The lowest BCUT2D eigenvalue weighted by Crippen LogP contribution is -2.26. The van der Waals surface area contributed by atoms with E-state index in [-0.39, 0.29) is 23.8 Å². The summed E-state index contributed by atoms with van der Waals surface area (Å²) in [6.45, 7) is 1.72. The molecule has 2 aromatic rings. The Morgan fingerprint density at radius 1 is 1.24 bits per heavy atom. The minimum atomic E-state index is -2.47. The second kappa shape index (κ2) is 9.64. The van der Waals surface area contributed by atoms with Gasteiger partial charge in [0.25, 0.3) is 5.91 Å². The van der Waals surface area contributed by atoms with Crippen molar-refractivity contribution in [3.63, 3.8) is 0 Å². The van der Waals surface area contributed by atoms with E-state index in [1.807, 2.05) is 0 Å². The zero-order chi connectivity index (χ0) is 23.6. The number of hydrogen-bond acceptors (Lipinski definition) is 5. The van der Waals surface area contributed by atoms with Gasteiger partial charge in [-0.3, -0.25) is 4.79 Å². The zero-order valence-electron chi connectivity index (χ0n) is 18.6. The molecule has 1 amide bonds. The zero-order valence-corrected chi connectivity index (χ0v) is 19.4. The first-order valence-electron chi connectivity index (χ1n) is 11.2. The lowest BCUT2D eigenvalue weighted by molar-refractivity contribution is 0.0667. The molecule has 0 radical (unpaired) electrons. The number of benzene rings is 1. The van der Waals surface area contributed by atoms with Crippen LogP contribution in [-0.2, 0) is 9.73 Å². The number of aliphatic hydroxyl groups excluding tert-OH is 1. The molecule has 33 heavy (non-hydrogen) atoms. The number of amides is 1. The normalized spacial score (nSPS) is 22.8. The van der Waals surface area contributed by atoms with E-state index in [1.165, 1.54) is 24.4 Å². The second-order valence-corrected chi connectivity index (χ2v) is 11.2. The Hall–Kier alpha value is -2.72. The first-order chi connectivity index (χ1) is 15.7. The molecule has 178 valence electrons. The van der Waals surface area contributed by atoms with E-state index in [4.69, 9.17) is 10.5 Å². The van der Waals surface area contributed by atoms with Crippen molar-refractivity contribution in [1.29, 1.82) is 0 Å². The fourth-order valence-corrected chi connectivity index (χ4v) is 6.33. The summed E-state index contributed by atoms with van der Waals surface area (Å²) in [5, 5.41) is 9.69. The Balaban J connectivity index is 1.58. The van der Waals surface area contributed by atoms with Gasteiger partial charge in [-0.15, -0.1) is 0 Å². The SMILES string of the molecule is Cc1c(C(=O)N=S2(=O)CCCC2)c[nH]c1C(N)=Nc1ccc(F)cc1OC1CCC(O)CC1. The van der Waals surface area contributed by atoms with E-state index >= 15 is 0 Å². The predicted molar refractivity (Wildman–Crippen MR) is 125 cm³/mol. The van der Waals surface area contributed by atoms with Crippen LogP contribution in [0.2, 0.25) is 0 Å². The van der Waals surface area contributed by atoms with Crippen molar-refractivity contribution in [3.8, 4) is 5.75 Å². The van der Waals surface area contributed by atoms with Gasteiger partial charge in [0, 0.05) is 23.8 Å². The molecule has 2 heterocycles. The number of carbonyl (C=O) groups is 1. The van der Waals surface area contributed by atoms with Crippen LogP contribution in [0.5, 0.6) is 5.75 Å². The number of nitrogens with one attached hydrogen (secondary N) is 1. The van der Waals surface area contributed by atoms with Gasteiger partial charge in [-0.25, -0.2) is 13.6 Å². The topological polar surface area (TPSA) is 130 Å². The molecule has 1 saturated heterocycles. The number of nitrogens with two attached hydrogens (primary N) is 1. The van der Waals surface area contributed by atoms with Gasteiger partial charge in [-0.1, -0.05) is 0 Å². The van der Waals surface area contributed by atoms with Crippen LogP contribution in [0.25, 0.3) is 0 Å². The summed E-state index contributed by atoms with van der Waals surface area (Å²) >= 11 is 0. The van der Waals surface area contributed by atoms with Gasteiger partial charge in [0.15, 0.2) is 0 Å². The molecule has 0 atom stereocenters. The number of nitrogens with zero attached hydrogens (tertiary/aromatic N) is 2. The largest absolute Gasteiger partial charge is 0.488 e. The number of carbonyl (C=O) groups excluding carboxylic acids is 1. The molecule has 10 heteroatoms. The van der Waals surface area contributed by atoms with Crippen LogP contribution in [-0.4, -0.2) is 49.8 Å². The van der Waals surface area contributed by atoms with E-state index < -0.39 is 21.5 Å². The number of hydrogen-bond donors (Lipinski definition) is 3. The van der Waals surface area contributed by atoms with Gasteiger partial charge < -0.3 is 20.6 Å². The van der Waals surface area contributed by atoms with Gasteiger partial charge in [-0.2, -0.15) is 4.36 Å². The highest BCUT2D eigenvalue weighted by atomic mass is 32.2.